The first-order chi connectivity index (χ1) is 14.2. The Hall–Kier alpha value is -3.19. The second-order valence-electron chi connectivity index (χ2n) is 7.50. The first kappa shape index (κ1) is 17.9. The Morgan fingerprint density at radius 3 is 2.86 bits per heavy atom. The number of hydrogen-bond acceptors (Lipinski definition) is 7. The summed E-state index contributed by atoms with van der Waals surface area (Å²) in [7, 11) is 1.85. The van der Waals surface area contributed by atoms with Gasteiger partial charge in [-0.3, -0.25) is 0 Å². The van der Waals surface area contributed by atoms with Gasteiger partial charge in [-0.1, -0.05) is 17.3 Å². The SMILES string of the molecule is CNc1noc2c(-c3ccc4c(N5CCOC[C@H]5C)nncc4c3)c(C)ccc12. The fourth-order valence-electron chi connectivity index (χ4n) is 4.12. The zero-order valence-corrected chi connectivity index (χ0v) is 16.8. The largest absolute Gasteiger partial charge is 0.377 e. The maximum absolute atomic E-state index is 5.69. The molecule has 29 heavy (non-hydrogen) atoms. The molecule has 2 aromatic heterocycles. The molecule has 2 aromatic carbocycles. The summed E-state index contributed by atoms with van der Waals surface area (Å²) < 4.78 is 11.3. The number of aromatic nitrogens is 3. The molecule has 4 aromatic rings. The second kappa shape index (κ2) is 7.00. The van der Waals surface area contributed by atoms with E-state index in [1.807, 2.05) is 19.3 Å². The van der Waals surface area contributed by atoms with Crippen LogP contribution in [0.4, 0.5) is 11.6 Å². The number of hydrogen-bond donors (Lipinski definition) is 1. The molecule has 148 valence electrons. The van der Waals surface area contributed by atoms with Gasteiger partial charge in [-0.2, -0.15) is 5.10 Å². The van der Waals surface area contributed by atoms with Gasteiger partial charge in [0.2, 0.25) is 0 Å². The van der Waals surface area contributed by atoms with Crippen LogP contribution < -0.4 is 10.2 Å². The lowest BCUT2D eigenvalue weighted by Crippen LogP contribution is -2.44. The number of benzene rings is 2. The van der Waals surface area contributed by atoms with Gasteiger partial charge in [-0.05, 0) is 43.2 Å². The molecule has 0 amide bonds. The molecule has 0 radical (unpaired) electrons. The highest BCUT2D eigenvalue weighted by Crippen LogP contribution is 2.37. The molecule has 0 unspecified atom stereocenters. The van der Waals surface area contributed by atoms with E-state index in [0.29, 0.717) is 13.2 Å². The summed E-state index contributed by atoms with van der Waals surface area (Å²) in [4.78, 5) is 2.28. The predicted molar refractivity (Wildman–Crippen MR) is 114 cm³/mol. The maximum atomic E-state index is 5.69. The average Bonchev–Trinajstić information content (AvgIpc) is 3.16. The molecule has 1 aliphatic rings. The molecule has 1 fully saturated rings. The van der Waals surface area contributed by atoms with Crippen molar-refractivity contribution < 1.29 is 9.26 Å². The van der Waals surface area contributed by atoms with Crippen molar-refractivity contribution in [2.75, 3.05) is 37.0 Å². The molecule has 1 atom stereocenters. The zero-order valence-electron chi connectivity index (χ0n) is 16.8. The maximum Gasteiger partial charge on any atom is 0.177 e. The topological polar surface area (TPSA) is 76.3 Å². The van der Waals surface area contributed by atoms with Crippen LogP contribution in [0.3, 0.4) is 0 Å². The van der Waals surface area contributed by atoms with Gasteiger partial charge in [0.1, 0.15) is 0 Å². The van der Waals surface area contributed by atoms with Crippen LogP contribution in [0.25, 0.3) is 32.9 Å². The normalized spacial score (nSPS) is 17.2. The van der Waals surface area contributed by atoms with E-state index in [1.165, 1.54) is 0 Å². The van der Waals surface area contributed by atoms with Crippen LogP contribution in [-0.4, -0.2) is 48.2 Å². The molecule has 0 saturated carbocycles. The van der Waals surface area contributed by atoms with E-state index < -0.39 is 0 Å². The third-order valence-corrected chi connectivity index (χ3v) is 5.66. The van der Waals surface area contributed by atoms with E-state index in [1.54, 1.807) is 0 Å². The highest BCUT2D eigenvalue weighted by Gasteiger charge is 2.23. The van der Waals surface area contributed by atoms with Crippen LogP contribution in [0, 0.1) is 6.92 Å². The van der Waals surface area contributed by atoms with Gasteiger partial charge in [-0.25, -0.2) is 0 Å². The van der Waals surface area contributed by atoms with Crippen molar-refractivity contribution in [3.8, 4) is 11.1 Å². The Morgan fingerprint density at radius 1 is 1.17 bits per heavy atom. The van der Waals surface area contributed by atoms with Crippen LogP contribution >= 0.6 is 0 Å². The first-order valence-corrected chi connectivity index (χ1v) is 9.84. The molecule has 7 nitrogen and oxygen atoms in total. The number of nitrogens with zero attached hydrogens (tertiary/aromatic N) is 4. The van der Waals surface area contributed by atoms with Crippen molar-refractivity contribution >= 4 is 33.4 Å². The lowest BCUT2D eigenvalue weighted by Gasteiger charge is -2.34. The van der Waals surface area contributed by atoms with Crippen molar-refractivity contribution in [1.29, 1.82) is 0 Å². The lowest BCUT2D eigenvalue weighted by molar-refractivity contribution is 0.0986. The third-order valence-electron chi connectivity index (χ3n) is 5.66. The van der Waals surface area contributed by atoms with Gasteiger partial charge in [0.25, 0.3) is 0 Å². The summed E-state index contributed by atoms with van der Waals surface area (Å²) in [5, 5.41) is 19.1. The molecule has 0 bridgehead atoms. The van der Waals surface area contributed by atoms with Crippen LogP contribution in [0.2, 0.25) is 0 Å². The number of aryl methyl sites for hydroxylation is 1. The minimum Gasteiger partial charge on any atom is -0.377 e. The summed E-state index contributed by atoms with van der Waals surface area (Å²) in [5.41, 5.74) is 4.06. The van der Waals surface area contributed by atoms with E-state index in [0.717, 1.165) is 56.6 Å². The fourth-order valence-corrected chi connectivity index (χ4v) is 4.12. The Balaban J connectivity index is 1.66. The summed E-state index contributed by atoms with van der Waals surface area (Å²) in [6.45, 7) is 6.48. The monoisotopic (exact) mass is 389 g/mol. The van der Waals surface area contributed by atoms with Crippen LogP contribution in [0.15, 0.2) is 41.1 Å². The molecule has 1 saturated heterocycles. The number of rotatable bonds is 3. The molecule has 1 N–H and O–H groups in total. The summed E-state index contributed by atoms with van der Waals surface area (Å²) >= 11 is 0. The molecule has 3 heterocycles. The minimum atomic E-state index is 0.272. The number of ether oxygens (including phenoxy) is 1. The summed E-state index contributed by atoms with van der Waals surface area (Å²) in [5.74, 6) is 1.66. The van der Waals surface area contributed by atoms with Crippen molar-refractivity contribution in [1.82, 2.24) is 15.4 Å². The third kappa shape index (κ3) is 2.89. The number of fused-ring (bicyclic) bond motifs is 2. The molecule has 1 aliphatic heterocycles. The van der Waals surface area contributed by atoms with Crippen LogP contribution in [-0.2, 0) is 4.74 Å². The smallest absolute Gasteiger partial charge is 0.177 e. The average molecular weight is 389 g/mol. The Bertz CT molecular complexity index is 1200. The van der Waals surface area contributed by atoms with E-state index >= 15 is 0 Å². The molecule has 7 heteroatoms. The summed E-state index contributed by atoms with van der Waals surface area (Å²) in [6.07, 6.45) is 1.82. The van der Waals surface area contributed by atoms with E-state index in [2.05, 4.69) is 63.7 Å². The van der Waals surface area contributed by atoms with E-state index in [9.17, 15) is 0 Å². The van der Waals surface area contributed by atoms with Crippen molar-refractivity contribution in [3.63, 3.8) is 0 Å². The highest BCUT2D eigenvalue weighted by molar-refractivity contribution is 6.02. The van der Waals surface area contributed by atoms with Gasteiger partial charge >= 0.3 is 0 Å². The van der Waals surface area contributed by atoms with Crippen molar-refractivity contribution in [3.05, 3.63) is 42.1 Å². The highest BCUT2D eigenvalue weighted by atomic mass is 16.5. The van der Waals surface area contributed by atoms with Gasteiger partial charge in [0.05, 0.1) is 30.8 Å². The van der Waals surface area contributed by atoms with Crippen LogP contribution in [0.1, 0.15) is 12.5 Å². The lowest BCUT2D eigenvalue weighted by atomic mass is 9.96. The van der Waals surface area contributed by atoms with Gasteiger partial charge in [-0.15, -0.1) is 5.10 Å². The summed E-state index contributed by atoms with van der Waals surface area (Å²) in [6, 6.07) is 10.8. The Kier molecular flexibility index (Phi) is 4.32. The molecule has 0 spiro atoms. The molecular formula is C22H23N5O2. The Morgan fingerprint density at radius 2 is 2.03 bits per heavy atom. The predicted octanol–water partition coefficient (Wildman–Crippen LogP) is 4.01. The van der Waals surface area contributed by atoms with Crippen molar-refractivity contribution in [2.24, 2.45) is 0 Å². The van der Waals surface area contributed by atoms with Gasteiger partial charge in [0, 0.05) is 29.9 Å². The minimum absolute atomic E-state index is 0.272. The molecule has 0 aliphatic carbocycles. The van der Waals surface area contributed by atoms with Crippen LogP contribution in [0.5, 0.6) is 0 Å². The zero-order chi connectivity index (χ0) is 20.0. The molecule has 5 rings (SSSR count). The number of anilines is 2. The Labute approximate surface area is 168 Å². The quantitative estimate of drug-likeness (QED) is 0.567. The second-order valence-corrected chi connectivity index (χ2v) is 7.50. The van der Waals surface area contributed by atoms with E-state index in [-0.39, 0.29) is 6.04 Å². The number of morpholine rings is 1. The first-order valence-electron chi connectivity index (χ1n) is 9.84. The van der Waals surface area contributed by atoms with Gasteiger partial charge < -0.3 is 19.5 Å². The van der Waals surface area contributed by atoms with Gasteiger partial charge in [0.15, 0.2) is 17.2 Å². The fraction of sp³-hybridized carbons (Fsp3) is 0.318. The standard InChI is InChI=1S/C22H23N5O2/c1-13-4-6-18-20(29-26-21(18)23-3)19(13)15-5-7-17-16(10-15)11-24-25-22(17)27-8-9-28-12-14(27)2/h4-7,10-11,14H,8-9,12H2,1-3H3,(H,23,26)/t14-/m1/s1. The van der Waals surface area contributed by atoms with E-state index in [4.69, 9.17) is 9.26 Å². The van der Waals surface area contributed by atoms with Crippen molar-refractivity contribution in [2.45, 2.75) is 19.9 Å². The number of nitrogens with one attached hydrogen (secondary N) is 1. The molecular weight excluding hydrogens is 366 g/mol.